The molecule has 120 valence electrons. The molecule has 1 aliphatic rings. The Labute approximate surface area is 127 Å². The molecule has 6 nitrogen and oxygen atoms in total. The lowest BCUT2D eigenvalue weighted by Crippen LogP contribution is -2.50. The highest BCUT2D eigenvalue weighted by molar-refractivity contribution is 4.96. The molecule has 0 bridgehead atoms. The Morgan fingerprint density at radius 1 is 1.19 bits per heavy atom. The molecule has 0 aliphatic carbocycles. The summed E-state index contributed by atoms with van der Waals surface area (Å²) >= 11 is 0. The largest absolute Gasteiger partial charge is 0.389 e. The van der Waals surface area contributed by atoms with Gasteiger partial charge in [-0.25, -0.2) is 0 Å². The van der Waals surface area contributed by atoms with Crippen LogP contribution in [0.3, 0.4) is 0 Å². The summed E-state index contributed by atoms with van der Waals surface area (Å²) in [5.41, 5.74) is -0.633. The van der Waals surface area contributed by atoms with Crippen LogP contribution in [0.4, 0.5) is 0 Å². The maximum absolute atomic E-state index is 9.89. The second-order valence-corrected chi connectivity index (χ2v) is 6.95. The Hall–Kier alpha value is -0.980. The van der Waals surface area contributed by atoms with Crippen LogP contribution in [0.2, 0.25) is 0 Å². The summed E-state index contributed by atoms with van der Waals surface area (Å²) in [7, 11) is 0. The van der Waals surface area contributed by atoms with Crippen molar-refractivity contribution < 1.29 is 9.63 Å². The fourth-order valence-electron chi connectivity index (χ4n) is 2.66. The highest BCUT2D eigenvalue weighted by Crippen LogP contribution is 2.22. The van der Waals surface area contributed by atoms with Gasteiger partial charge < -0.3 is 9.63 Å². The summed E-state index contributed by atoms with van der Waals surface area (Å²) in [5.74, 6) is 1.77. The van der Waals surface area contributed by atoms with Crippen LogP contribution in [-0.4, -0.2) is 63.4 Å². The van der Waals surface area contributed by atoms with Gasteiger partial charge in [-0.05, 0) is 20.8 Å². The predicted molar refractivity (Wildman–Crippen MR) is 81.1 cm³/mol. The highest BCUT2D eigenvalue weighted by Gasteiger charge is 2.28. The summed E-state index contributed by atoms with van der Waals surface area (Å²) < 4.78 is 5.39. The molecule has 2 heterocycles. The number of β-amino-alcohol motifs (C(OH)–C–C–N with tert-alkyl or cyclic N) is 1. The first kappa shape index (κ1) is 16.4. The lowest BCUT2D eigenvalue weighted by atomic mass is 10.1. The topological polar surface area (TPSA) is 65.6 Å². The number of aliphatic hydroxyl groups is 1. The van der Waals surface area contributed by atoms with Crippen LogP contribution < -0.4 is 0 Å². The summed E-state index contributed by atoms with van der Waals surface area (Å²) in [5, 5.41) is 13.9. The van der Waals surface area contributed by atoms with E-state index in [2.05, 4.69) is 40.7 Å². The van der Waals surface area contributed by atoms with Crippen molar-refractivity contribution in [3.8, 4) is 0 Å². The lowest BCUT2D eigenvalue weighted by Gasteiger charge is -2.38. The van der Waals surface area contributed by atoms with Crippen LogP contribution in [0.25, 0.3) is 0 Å². The second kappa shape index (κ2) is 6.42. The first-order chi connectivity index (χ1) is 9.76. The zero-order valence-electron chi connectivity index (χ0n) is 13.8. The Balaban J connectivity index is 1.89. The van der Waals surface area contributed by atoms with Crippen molar-refractivity contribution in [1.29, 1.82) is 0 Å². The van der Waals surface area contributed by atoms with Crippen LogP contribution in [-0.2, 0) is 0 Å². The van der Waals surface area contributed by atoms with Gasteiger partial charge in [0.05, 0.1) is 11.6 Å². The van der Waals surface area contributed by atoms with Crippen LogP contribution in [0.1, 0.15) is 58.3 Å². The summed E-state index contributed by atoms with van der Waals surface area (Å²) in [4.78, 5) is 9.15. The molecule has 0 saturated carbocycles. The molecule has 1 fully saturated rings. The molecule has 1 aromatic heterocycles. The van der Waals surface area contributed by atoms with Gasteiger partial charge in [-0.15, -0.1) is 0 Å². The van der Waals surface area contributed by atoms with E-state index in [1.54, 1.807) is 0 Å². The van der Waals surface area contributed by atoms with Gasteiger partial charge in [-0.1, -0.05) is 19.0 Å². The molecule has 21 heavy (non-hydrogen) atoms. The van der Waals surface area contributed by atoms with Crippen molar-refractivity contribution in [3.63, 3.8) is 0 Å². The summed E-state index contributed by atoms with van der Waals surface area (Å²) in [6.45, 7) is 14.5. The van der Waals surface area contributed by atoms with Crippen LogP contribution >= 0.6 is 0 Å². The van der Waals surface area contributed by atoms with Crippen LogP contribution in [0.5, 0.6) is 0 Å². The van der Waals surface area contributed by atoms with Gasteiger partial charge in [-0.2, -0.15) is 4.98 Å². The predicted octanol–water partition coefficient (Wildman–Crippen LogP) is 1.64. The number of hydrogen-bond acceptors (Lipinski definition) is 6. The molecule has 1 aromatic rings. The first-order valence-electron chi connectivity index (χ1n) is 7.78. The van der Waals surface area contributed by atoms with Crippen molar-refractivity contribution in [1.82, 2.24) is 19.9 Å². The van der Waals surface area contributed by atoms with E-state index in [-0.39, 0.29) is 6.04 Å². The lowest BCUT2D eigenvalue weighted by molar-refractivity contribution is 0.00958. The fourth-order valence-corrected chi connectivity index (χ4v) is 2.66. The standard InChI is InChI=1S/C15H28N4O2/c1-11(2)13-16-14(21-17-13)12(3)19-8-6-18(7-9-19)10-15(4,5)20/h11-12,20H,6-10H2,1-5H3. The number of aromatic nitrogens is 2. The molecule has 1 aliphatic heterocycles. The zero-order valence-corrected chi connectivity index (χ0v) is 13.8. The molecule has 0 spiro atoms. The maximum Gasteiger partial charge on any atom is 0.243 e. The molecule has 1 N–H and O–H groups in total. The first-order valence-corrected chi connectivity index (χ1v) is 7.78. The Kier molecular flexibility index (Phi) is 5.01. The third kappa shape index (κ3) is 4.49. The van der Waals surface area contributed by atoms with Crippen molar-refractivity contribution in [2.24, 2.45) is 0 Å². The number of piperazine rings is 1. The highest BCUT2D eigenvalue weighted by atomic mass is 16.5. The molecule has 0 radical (unpaired) electrons. The molecule has 0 amide bonds. The van der Waals surface area contributed by atoms with Gasteiger partial charge in [0.2, 0.25) is 5.89 Å². The van der Waals surface area contributed by atoms with E-state index in [1.165, 1.54) is 0 Å². The molecule has 0 aromatic carbocycles. The minimum absolute atomic E-state index is 0.147. The number of hydrogen-bond donors (Lipinski definition) is 1. The second-order valence-electron chi connectivity index (χ2n) is 6.95. The van der Waals surface area contributed by atoms with Gasteiger partial charge >= 0.3 is 0 Å². The van der Waals surface area contributed by atoms with E-state index in [1.807, 2.05) is 13.8 Å². The van der Waals surface area contributed by atoms with E-state index in [9.17, 15) is 5.11 Å². The van der Waals surface area contributed by atoms with E-state index in [4.69, 9.17) is 4.52 Å². The van der Waals surface area contributed by atoms with Crippen molar-refractivity contribution in [2.45, 2.75) is 52.2 Å². The third-order valence-corrected chi connectivity index (χ3v) is 3.90. The van der Waals surface area contributed by atoms with Crippen molar-refractivity contribution >= 4 is 0 Å². The average molecular weight is 296 g/mol. The minimum atomic E-state index is -0.633. The van der Waals surface area contributed by atoms with Crippen molar-refractivity contribution in [3.05, 3.63) is 11.7 Å². The number of rotatable bonds is 5. The van der Waals surface area contributed by atoms with Crippen molar-refractivity contribution in [2.75, 3.05) is 32.7 Å². The Morgan fingerprint density at radius 2 is 1.81 bits per heavy atom. The maximum atomic E-state index is 9.89. The van der Waals surface area contributed by atoms with E-state index >= 15 is 0 Å². The average Bonchev–Trinajstić information content (AvgIpc) is 2.86. The molecule has 1 unspecified atom stereocenters. The van der Waals surface area contributed by atoms with Crippen LogP contribution in [0, 0.1) is 0 Å². The summed E-state index contributed by atoms with van der Waals surface area (Å²) in [6, 6.07) is 0.147. The molecule has 2 rings (SSSR count). The SMILES string of the molecule is CC(C)c1noc(C(C)N2CCN(CC(C)(C)O)CC2)n1. The zero-order chi connectivity index (χ0) is 15.6. The third-order valence-electron chi connectivity index (χ3n) is 3.90. The van der Waals surface area contributed by atoms with Gasteiger partial charge in [0, 0.05) is 38.6 Å². The fraction of sp³-hybridized carbons (Fsp3) is 0.867. The Bertz CT molecular complexity index is 445. The minimum Gasteiger partial charge on any atom is -0.389 e. The van der Waals surface area contributed by atoms with Crippen LogP contribution in [0.15, 0.2) is 4.52 Å². The summed E-state index contributed by atoms with van der Waals surface area (Å²) in [6.07, 6.45) is 0. The van der Waals surface area contributed by atoms with Gasteiger partial charge in [0.25, 0.3) is 0 Å². The monoisotopic (exact) mass is 296 g/mol. The normalized spacial score (nSPS) is 20.1. The van der Waals surface area contributed by atoms with E-state index < -0.39 is 5.60 Å². The van der Waals surface area contributed by atoms with Gasteiger partial charge in [0.1, 0.15) is 0 Å². The molecule has 1 atom stereocenters. The molecule has 1 saturated heterocycles. The quantitative estimate of drug-likeness (QED) is 0.891. The van der Waals surface area contributed by atoms with Gasteiger partial charge in [0.15, 0.2) is 5.82 Å². The van der Waals surface area contributed by atoms with E-state index in [0.717, 1.165) is 32.0 Å². The smallest absolute Gasteiger partial charge is 0.243 e. The van der Waals surface area contributed by atoms with E-state index in [0.29, 0.717) is 18.4 Å². The molecular weight excluding hydrogens is 268 g/mol. The van der Waals surface area contributed by atoms with Gasteiger partial charge in [-0.3, -0.25) is 9.80 Å². The Morgan fingerprint density at radius 3 is 2.29 bits per heavy atom. The number of nitrogens with zero attached hydrogens (tertiary/aromatic N) is 4. The molecular formula is C15H28N4O2. The molecule has 6 heteroatoms.